The minimum atomic E-state index is -0.154. The first-order chi connectivity index (χ1) is 12.7. The predicted octanol–water partition coefficient (Wildman–Crippen LogP) is 2.95. The summed E-state index contributed by atoms with van der Waals surface area (Å²) >= 11 is 0. The van der Waals surface area contributed by atoms with Crippen LogP contribution in [0.25, 0.3) is 0 Å². The van der Waals surface area contributed by atoms with Crippen molar-refractivity contribution in [1.29, 1.82) is 5.26 Å². The van der Waals surface area contributed by atoms with E-state index >= 15 is 0 Å². The number of carbonyl (C=O) groups excluding carboxylic acids is 1. The summed E-state index contributed by atoms with van der Waals surface area (Å²) in [7, 11) is 0. The lowest BCUT2D eigenvalue weighted by Crippen LogP contribution is -2.63. The molecule has 146 valence electrons. The zero-order valence-electron chi connectivity index (χ0n) is 16.7. The molecule has 0 aliphatic carbocycles. The number of carbonyl (C=O) groups is 1. The van der Waals surface area contributed by atoms with Gasteiger partial charge >= 0.3 is 6.03 Å². The van der Waals surface area contributed by atoms with E-state index in [2.05, 4.69) is 44.4 Å². The summed E-state index contributed by atoms with van der Waals surface area (Å²) < 4.78 is 5.86. The molecule has 2 N–H and O–H groups in total. The minimum Gasteiger partial charge on any atom is -0.370 e. The average molecular weight is 370 g/mol. The monoisotopic (exact) mass is 370 g/mol. The quantitative estimate of drug-likeness (QED) is 0.839. The van der Waals surface area contributed by atoms with Gasteiger partial charge in [-0.15, -0.1) is 0 Å². The van der Waals surface area contributed by atoms with E-state index < -0.39 is 0 Å². The smallest absolute Gasteiger partial charge is 0.317 e. The fraction of sp³-hybridized carbons (Fsp3) is 0.619. The Labute approximate surface area is 161 Å². The van der Waals surface area contributed by atoms with Gasteiger partial charge in [0.15, 0.2) is 0 Å². The molecule has 1 unspecified atom stereocenters. The highest BCUT2D eigenvalue weighted by atomic mass is 16.5. The number of hydrogen-bond acceptors (Lipinski definition) is 4. The van der Waals surface area contributed by atoms with E-state index in [0.29, 0.717) is 25.3 Å². The lowest BCUT2D eigenvalue weighted by molar-refractivity contribution is -0.0163. The maximum Gasteiger partial charge on any atom is 0.317 e. The van der Waals surface area contributed by atoms with E-state index in [1.54, 1.807) is 12.1 Å². The predicted molar refractivity (Wildman–Crippen MR) is 104 cm³/mol. The molecule has 0 spiro atoms. The normalized spacial score (nSPS) is 24.9. The highest BCUT2D eigenvalue weighted by Crippen LogP contribution is 2.29. The molecule has 2 heterocycles. The lowest BCUT2D eigenvalue weighted by atomic mass is 9.79. The number of nitriles is 1. The topological polar surface area (TPSA) is 77.4 Å². The Bertz CT molecular complexity index is 705. The molecule has 1 atom stereocenters. The van der Waals surface area contributed by atoms with Gasteiger partial charge in [0, 0.05) is 23.7 Å². The zero-order valence-corrected chi connectivity index (χ0v) is 16.7. The van der Waals surface area contributed by atoms with E-state index in [9.17, 15) is 4.79 Å². The molecule has 0 aromatic heterocycles. The molecule has 1 aromatic rings. The molecule has 0 radical (unpaired) electrons. The molecular formula is C21H30N4O2. The van der Waals surface area contributed by atoms with E-state index in [1.165, 1.54) is 0 Å². The summed E-state index contributed by atoms with van der Waals surface area (Å²) in [5.41, 5.74) is 1.61. The summed E-state index contributed by atoms with van der Waals surface area (Å²) in [6.07, 6.45) is 1.66. The number of nitrogens with one attached hydrogen (secondary N) is 2. The summed E-state index contributed by atoms with van der Waals surface area (Å²) in [6, 6.07) is 9.64. The SMILES string of the molecule is CC1(C)CC(NC(=O)N2CCOC(c3ccc(C#N)cc3)C2)CC(C)(C)N1. The van der Waals surface area contributed by atoms with Crippen molar-refractivity contribution in [3.63, 3.8) is 0 Å². The number of amides is 2. The molecule has 2 aliphatic heterocycles. The van der Waals surface area contributed by atoms with Gasteiger partial charge in [-0.25, -0.2) is 4.79 Å². The van der Waals surface area contributed by atoms with Crippen LogP contribution in [0.2, 0.25) is 0 Å². The fourth-order valence-electron chi connectivity index (χ4n) is 4.50. The molecule has 6 heteroatoms. The maximum atomic E-state index is 12.9. The third-order valence-electron chi connectivity index (χ3n) is 5.28. The standard InChI is InChI=1S/C21H30N4O2/c1-20(2)11-17(12-21(3,4)24-20)23-19(26)25-9-10-27-18(14-25)16-7-5-15(13-22)6-8-16/h5-8,17-18,24H,9-12,14H2,1-4H3,(H,23,26). The van der Waals surface area contributed by atoms with E-state index in [1.807, 2.05) is 17.0 Å². The van der Waals surface area contributed by atoms with Crippen LogP contribution in [0.4, 0.5) is 4.79 Å². The van der Waals surface area contributed by atoms with Crippen LogP contribution >= 0.6 is 0 Å². The number of ether oxygens (including phenoxy) is 1. The third kappa shape index (κ3) is 5.00. The van der Waals surface area contributed by atoms with Crippen molar-refractivity contribution in [2.75, 3.05) is 19.7 Å². The largest absolute Gasteiger partial charge is 0.370 e. The van der Waals surface area contributed by atoms with Gasteiger partial charge in [-0.2, -0.15) is 5.26 Å². The van der Waals surface area contributed by atoms with Crippen molar-refractivity contribution < 1.29 is 9.53 Å². The van der Waals surface area contributed by atoms with E-state index in [0.717, 1.165) is 18.4 Å². The van der Waals surface area contributed by atoms with Crippen LogP contribution in [-0.4, -0.2) is 47.7 Å². The number of rotatable bonds is 2. The summed E-state index contributed by atoms with van der Waals surface area (Å²) in [5, 5.41) is 15.8. The molecule has 2 saturated heterocycles. The second kappa shape index (κ2) is 7.49. The molecule has 6 nitrogen and oxygen atoms in total. The Morgan fingerprint density at radius 2 is 1.85 bits per heavy atom. The number of urea groups is 1. The van der Waals surface area contributed by atoms with Gasteiger partial charge in [-0.3, -0.25) is 0 Å². The molecule has 0 bridgehead atoms. The van der Waals surface area contributed by atoms with Gasteiger partial charge in [0.05, 0.1) is 24.8 Å². The fourth-order valence-corrected chi connectivity index (χ4v) is 4.50. The van der Waals surface area contributed by atoms with Crippen LogP contribution in [0.3, 0.4) is 0 Å². The number of piperidine rings is 1. The van der Waals surface area contributed by atoms with Gasteiger partial charge in [0.1, 0.15) is 6.10 Å². The Hall–Kier alpha value is -2.10. The molecule has 27 heavy (non-hydrogen) atoms. The lowest BCUT2D eigenvalue weighted by Gasteiger charge is -2.47. The van der Waals surface area contributed by atoms with Crippen LogP contribution in [0, 0.1) is 11.3 Å². The van der Waals surface area contributed by atoms with Crippen LogP contribution in [0.1, 0.15) is 57.8 Å². The van der Waals surface area contributed by atoms with Crippen molar-refractivity contribution >= 4 is 6.03 Å². The van der Waals surface area contributed by atoms with Gasteiger partial charge in [-0.1, -0.05) is 12.1 Å². The summed E-state index contributed by atoms with van der Waals surface area (Å²) in [6.45, 7) is 10.4. The van der Waals surface area contributed by atoms with E-state index in [-0.39, 0.29) is 29.3 Å². The Morgan fingerprint density at radius 3 is 2.44 bits per heavy atom. The molecule has 1 aromatic carbocycles. The average Bonchev–Trinajstić information content (AvgIpc) is 2.59. The summed E-state index contributed by atoms with van der Waals surface area (Å²) in [5.74, 6) is 0. The zero-order chi connectivity index (χ0) is 19.7. The first-order valence-corrected chi connectivity index (χ1v) is 9.64. The van der Waals surface area contributed by atoms with Gasteiger partial charge in [0.25, 0.3) is 0 Å². The van der Waals surface area contributed by atoms with Crippen molar-refractivity contribution in [2.45, 2.75) is 63.8 Å². The first kappa shape index (κ1) is 19.7. The first-order valence-electron chi connectivity index (χ1n) is 9.64. The second-order valence-corrected chi connectivity index (χ2v) is 8.99. The van der Waals surface area contributed by atoms with Crippen molar-refractivity contribution in [2.24, 2.45) is 0 Å². The van der Waals surface area contributed by atoms with Gasteiger partial charge in [0.2, 0.25) is 0 Å². The van der Waals surface area contributed by atoms with Crippen molar-refractivity contribution in [3.8, 4) is 6.07 Å². The van der Waals surface area contributed by atoms with Crippen LogP contribution in [-0.2, 0) is 4.74 Å². The van der Waals surface area contributed by atoms with E-state index in [4.69, 9.17) is 10.00 Å². The number of nitrogens with zero attached hydrogens (tertiary/aromatic N) is 2. The molecule has 0 saturated carbocycles. The Morgan fingerprint density at radius 1 is 1.22 bits per heavy atom. The molecule has 2 amide bonds. The molecule has 2 aliphatic rings. The number of morpholine rings is 1. The van der Waals surface area contributed by atoms with Crippen molar-refractivity contribution in [3.05, 3.63) is 35.4 Å². The van der Waals surface area contributed by atoms with Gasteiger partial charge < -0.3 is 20.3 Å². The summed E-state index contributed by atoms with van der Waals surface area (Å²) in [4.78, 5) is 14.7. The minimum absolute atomic E-state index is 0.00424. The van der Waals surface area contributed by atoms with Gasteiger partial charge in [-0.05, 0) is 58.2 Å². The maximum absolute atomic E-state index is 12.9. The third-order valence-corrected chi connectivity index (χ3v) is 5.28. The van der Waals surface area contributed by atoms with Crippen LogP contribution in [0.5, 0.6) is 0 Å². The van der Waals surface area contributed by atoms with Crippen LogP contribution in [0.15, 0.2) is 24.3 Å². The Kier molecular flexibility index (Phi) is 5.45. The molecule has 2 fully saturated rings. The highest BCUT2D eigenvalue weighted by molar-refractivity contribution is 5.74. The molecular weight excluding hydrogens is 340 g/mol. The second-order valence-electron chi connectivity index (χ2n) is 8.99. The van der Waals surface area contributed by atoms with Crippen molar-refractivity contribution in [1.82, 2.24) is 15.5 Å². The Balaban J connectivity index is 1.62. The number of benzene rings is 1. The number of hydrogen-bond donors (Lipinski definition) is 2. The van der Waals surface area contributed by atoms with Crippen LogP contribution < -0.4 is 10.6 Å². The molecule has 3 rings (SSSR count). The highest BCUT2D eigenvalue weighted by Gasteiger charge is 2.39.